The minimum absolute atomic E-state index is 0.532. The number of oxime groups is 1. The Morgan fingerprint density at radius 1 is 1.64 bits per heavy atom. The van der Waals surface area contributed by atoms with Crippen LogP contribution in [0, 0.1) is 11.3 Å². The summed E-state index contributed by atoms with van der Waals surface area (Å²) < 4.78 is 0. The van der Waals surface area contributed by atoms with E-state index < -0.39 is 0 Å². The van der Waals surface area contributed by atoms with E-state index in [0.29, 0.717) is 6.42 Å². The summed E-state index contributed by atoms with van der Waals surface area (Å²) in [5.41, 5.74) is 1.06. The van der Waals surface area contributed by atoms with E-state index in [1.165, 1.54) is 6.26 Å². The molecule has 1 rings (SSSR count). The first-order valence-electron chi connectivity index (χ1n) is 3.35. The average Bonchev–Trinajstić information content (AvgIpc) is 2.28. The highest BCUT2D eigenvalue weighted by atomic mass is 16.6. The minimum Gasteiger partial charge on any atom is -0.365 e. The second-order valence-corrected chi connectivity index (χ2v) is 2.06. The fourth-order valence-corrected chi connectivity index (χ4v) is 0.737. The molecule has 0 aliphatic carbocycles. The van der Waals surface area contributed by atoms with Gasteiger partial charge in [0.2, 0.25) is 0 Å². The number of hydrogen-bond donors (Lipinski definition) is 0. The van der Waals surface area contributed by atoms with E-state index >= 15 is 0 Å². The van der Waals surface area contributed by atoms with Crippen LogP contribution in [0.3, 0.4) is 0 Å². The Bertz CT molecular complexity index is 245. The Hall–Kier alpha value is -1.56. The van der Waals surface area contributed by atoms with Crippen LogP contribution in [0.15, 0.2) is 29.1 Å². The number of allylic oxidation sites excluding steroid dienone is 3. The van der Waals surface area contributed by atoms with Crippen LogP contribution in [-0.2, 0) is 4.84 Å². The van der Waals surface area contributed by atoms with E-state index in [-0.39, 0.29) is 0 Å². The van der Waals surface area contributed by atoms with Crippen molar-refractivity contribution in [2.24, 2.45) is 5.16 Å². The smallest absolute Gasteiger partial charge is 0.122 e. The first kappa shape index (κ1) is 7.55. The lowest BCUT2D eigenvalue weighted by atomic mass is 10.1. The maximum absolute atomic E-state index is 8.30. The molecule has 0 radical (unpaired) electrons. The van der Waals surface area contributed by atoms with Crippen LogP contribution in [0.1, 0.15) is 12.8 Å². The largest absolute Gasteiger partial charge is 0.365 e. The third-order valence-electron chi connectivity index (χ3n) is 1.28. The maximum atomic E-state index is 8.30. The highest BCUT2D eigenvalue weighted by Crippen LogP contribution is 2.07. The monoisotopic (exact) mass is 148 g/mol. The molecule has 56 valence electrons. The van der Waals surface area contributed by atoms with Gasteiger partial charge in [0.25, 0.3) is 0 Å². The van der Waals surface area contributed by atoms with Gasteiger partial charge in [-0.3, -0.25) is 0 Å². The summed E-state index contributed by atoms with van der Waals surface area (Å²) in [7, 11) is 0. The van der Waals surface area contributed by atoms with Gasteiger partial charge in [0.1, 0.15) is 6.26 Å². The third kappa shape index (κ3) is 2.67. The molecule has 0 unspecified atom stereocenters. The second-order valence-electron chi connectivity index (χ2n) is 2.06. The number of hydrogen-bond acceptors (Lipinski definition) is 3. The summed E-state index contributed by atoms with van der Waals surface area (Å²) in [6.07, 6.45) is 8.01. The summed E-state index contributed by atoms with van der Waals surface area (Å²) in [4.78, 5) is 4.66. The standard InChI is InChI=1S/C8H8N2O/c9-5-1-2-8-3-6-10-11-7-4-8/h3-4,6-7H,1-2H2. The molecule has 0 aromatic heterocycles. The lowest BCUT2D eigenvalue weighted by molar-refractivity contribution is 0.271. The lowest BCUT2D eigenvalue weighted by Gasteiger charge is -1.91. The Balaban J connectivity index is 2.50. The van der Waals surface area contributed by atoms with Gasteiger partial charge in [-0.05, 0) is 24.1 Å². The minimum atomic E-state index is 0.532. The van der Waals surface area contributed by atoms with E-state index in [4.69, 9.17) is 5.26 Å². The zero-order valence-corrected chi connectivity index (χ0v) is 6.03. The van der Waals surface area contributed by atoms with Crippen LogP contribution < -0.4 is 0 Å². The second kappa shape index (κ2) is 4.29. The Kier molecular flexibility index (Phi) is 2.94. The molecule has 1 aliphatic rings. The predicted octanol–water partition coefficient (Wildman–Crippen LogP) is 1.75. The molecule has 0 N–H and O–H groups in total. The van der Waals surface area contributed by atoms with Crippen molar-refractivity contribution >= 4 is 6.21 Å². The van der Waals surface area contributed by atoms with Crippen molar-refractivity contribution in [2.45, 2.75) is 12.8 Å². The highest BCUT2D eigenvalue weighted by Gasteiger charge is 1.93. The van der Waals surface area contributed by atoms with Gasteiger partial charge in [0.15, 0.2) is 0 Å². The molecule has 1 aliphatic heterocycles. The number of nitrogens with zero attached hydrogens (tertiary/aromatic N) is 2. The maximum Gasteiger partial charge on any atom is 0.122 e. The van der Waals surface area contributed by atoms with Gasteiger partial charge in [-0.2, -0.15) is 5.26 Å². The SMILES string of the molecule is N#CCCC1=CC=NOC=C1. The molecule has 3 nitrogen and oxygen atoms in total. The van der Waals surface area contributed by atoms with Crippen molar-refractivity contribution in [2.75, 3.05) is 0 Å². The van der Waals surface area contributed by atoms with Gasteiger partial charge in [-0.15, -0.1) is 0 Å². The van der Waals surface area contributed by atoms with Crippen molar-refractivity contribution in [1.29, 1.82) is 5.26 Å². The molecular formula is C8H8N2O. The van der Waals surface area contributed by atoms with Crippen molar-refractivity contribution in [3.05, 3.63) is 24.0 Å². The quantitative estimate of drug-likeness (QED) is 0.598. The van der Waals surface area contributed by atoms with Crippen LogP contribution in [0.4, 0.5) is 0 Å². The number of rotatable bonds is 2. The summed E-state index contributed by atoms with van der Waals surface area (Å²) in [6.45, 7) is 0. The molecule has 0 atom stereocenters. The fraction of sp³-hybridized carbons (Fsp3) is 0.250. The van der Waals surface area contributed by atoms with Gasteiger partial charge in [0, 0.05) is 6.42 Å². The molecule has 0 saturated heterocycles. The average molecular weight is 148 g/mol. The van der Waals surface area contributed by atoms with Crippen LogP contribution in [0.25, 0.3) is 0 Å². The molecule has 1 heterocycles. The van der Waals surface area contributed by atoms with Crippen molar-refractivity contribution in [3.63, 3.8) is 0 Å². The van der Waals surface area contributed by atoms with Gasteiger partial charge in [0.05, 0.1) is 12.3 Å². The molecule has 0 spiro atoms. The van der Waals surface area contributed by atoms with Gasteiger partial charge in [-0.25, -0.2) is 0 Å². The van der Waals surface area contributed by atoms with Crippen molar-refractivity contribution < 1.29 is 4.84 Å². The van der Waals surface area contributed by atoms with Crippen molar-refractivity contribution in [1.82, 2.24) is 0 Å². The van der Waals surface area contributed by atoms with Crippen LogP contribution in [0.2, 0.25) is 0 Å². The topological polar surface area (TPSA) is 45.4 Å². The lowest BCUT2D eigenvalue weighted by Crippen LogP contribution is -1.77. The molecule has 3 heteroatoms. The van der Waals surface area contributed by atoms with E-state index in [1.807, 2.05) is 12.2 Å². The molecule has 0 saturated carbocycles. The summed E-state index contributed by atoms with van der Waals surface area (Å²) in [5.74, 6) is 0. The van der Waals surface area contributed by atoms with E-state index in [1.54, 1.807) is 6.21 Å². The van der Waals surface area contributed by atoms with Crippen LogP contribution >= 0.6 is 0 Å². The molecule has 11 heavy (non-hydrogen) atoms. The third-order valence-corrected chi connectivity index (χ3v) is 1.28. The molecule has 0 fully saturated rings. The predicted molar refractivity (Wildman–Crippen MR) is 41.6 cm³/mol. The highest BCUT2D eigenvalue weighted by molar-refractivity contribution is 5.72. The summed E-state index contributed by atoms with van der Waals surface area (Å²) in [6, 6.07) is 2.08. The Morgan fingerprint density at radius 3 is 3.36 bits per heavy atom. The summed E-state index contributed by atoms with van der Waals surface area (Å²) >= 11 is 0. The van der Waals surface area contributed by atoms with E-state index in [0.717, 1.165) is 12.0 Å². The molecular weight excluding hydrogens is 140 g/mol. The Labute approximate surface area is 65.3 Å². The molecule has 0 amide bonds. The normalized spacial score (nSPS) is 14.6. The van der Waals surface area contributed by atoms with Gasteiger partial charge < -0.3 is 4.84 Å². The van der Waals surface area contributed by atoms with Crippen molar-refractivity contribution in [3.8, 4) is 6.07 Å². The van der Waals surface area contributed by atoms with Crippen LogP contribution in [-0.4, -0.2) is 6.21 Å². The molecule has 0 aromatic carbocycles. The van der Waals surface area contributed by atoms with E-state index in [9.17, 15) is 0 Å². The van der Waals surface area contributed by atoms with Gasteiger partial charge in [-0.1, -0.05) is 5.16 Å². The first-order valence-corrected chi connectivity index (χ1v) is 3.35. The number of nitriles is 1. The summed E-state index contributed by atoms with van der Waals surface area (Å²) in [5, 5.41) is 11.9. The van der Waals surface area contributed by atoms with Crippen LogP contribution in [0.5, 0.6) is 0 Å². The van der Waals surface area contributed by atoms with Gasteiger partial charge >= 0.3 is 0 Å². The molecule has 0 aromatic rings. The molecule has 0 bridgehead atoms. The van der Waals surface area contributed by atoms with E-state index in [2.05, 4.69) is 16.1 Å². The Morgan fingerprint density at radius 2 is 2.55 bits per heavy atom. The fourth-order valence-electron chi connectivity index (χ4n) is 0.737. The zero-order chi connectivity index (χ0) is 7.94. The first-order chi connectivity index (χ1) is 5.43. The zero-order valence-electron chi connectivity index (χ0n) is 6.03.